The normalized spacial score (nSPS) is 25.2. The molecule has 2 aromatic rings. The highest BCUT2D eigenvalue weighted by molar-refractivity contribution is 5.98. The Bertz CT molecular complexity index is 1550. The van der Waals surface area contributed by atoms with Gasteiger partial charge in [0.2, 0.25) is 17.7 Å². The summed E-state index contributed by atoms with van der Waals surface area (Å²) in [6.45, 7) is 11.3. The van der Waals surface area contributed by atoms with Gasteiger partial charge in [-0.3, -0.25) is 19.2 Å². The Labute approximate surface area is 300 Å². The number of carbonyl (C=O) groups is 4. The minimum absolute atomic E-state index is 0.0555. The number of nitrogens with zero attached hydrogens (tertiary/aromatic N) is 2. The van der Waals surface area contributed by atoms with Gasteiger partial charge in [0.15, 0.2) is 0 Å². The van der Waals surface area contributed by atoms with Crippen LogP contribution in [0.15, 0.2) is 86.0 Å². The summed E-state index contributed by atoms with van der Waals surface area (Å²) in [6, 6.07) is 15.8. The van der Waals surface area contributed by atoms with Gasteiger partial charge in [0, 0.05) is 26.1 Å². The van der Waals surface area contributed by atoms with Gasteiger partial charge in [0.25, 0.3) is 0 Å². The van der Waals surface area contributed by atoms with Crippen molar-refractivity contribution in [3.63, 3.8) is 0 Å². The Morgan fingerprint density at radius 3 is 2.39 bits per heavy atom. The summed E-state index contributed by atoms with van der Waals surface area (Å²) in [5.41, 5.74) is 0.236. The number of allylic oxidation sites excluding steroid dienone is 1. The van der Waals surface area contributed by atoms with Crippen LogP contribution in [-0.4, -0.2) is 101 Å². The Kier molecular flexibility index (Phi) is 12.5. The van der Waals surface area contributed by atoms with E-state index in [1.54, 1.807) is 17.1 Å². The van der Waals surface area contributed by atoms with Gasteiger partial charge in [-0.2, -0.15) is 0 Å². The van der Waals surface area contributed by atoms with E-state index < -0.39 is 66.3 Å². The van der Waals surface area contributed by atoms with Crippen molar-refractivity contribution >= 4 is 23.7 Å². The number of nitrogens with one attached hydrogen (secondary N) is 1. The molecule has 0 unspecified atom stereocenters. The maximum Gasteiger partial charge on any atom is 0.313 e. The van der Waals surface area contributed by atoms with E-state index in [1.165, 1.54) is 12.0 Å². The van der Waals surface area contributed by atoms with E-state index in [0.717, 1.165) is 5.56 Å². The van der Waals surface area contributed by atoms with Crippen LogP contribution in [0.5, 0.6) is 0 Å². The van der Waals surface area contributed by atoms with Crippen molar-refractivity contribution in [2.24, 2.45) is 11.8 Å². The molecule has 0 aromatic heterocycles. The number of aliphatic hydroxyl groups excluding tert-OH is 1. The lowest BCUT2D eigenvalue weighted by atomic mass is 9.70. The van der Waals surface area contributed by atoms with Gasteiger partial charge in [-0.15, -0.1) is 13.2 Å². The fraction of sp³-hybridized carbons (Fsp3) is 0.500. The first-order valence-electron chi connectivity index (χ1n) is 17.8. The summed E-state index contributed by atoms with van der Waals surface area (Å²) in [5, 5.41) is 13.7. The zero-order valence-corrected chi connectivity index (χ0v) is 29.8. The van der Waals surface area contributed by atoms with Crippen LogP contribution in [0, 0.1) is 11.8 Å². The fourth-order valence-corrected chi connectivity index (χ4v) is 8.15. The van der Waals surface area contributed by atoms with Gasteiger partial charge < -0.3 is 34.4 Å². The van der Waals surface area contributed by atoms with E-state index in [4.69, 9.17) is 14.2 Å². The number of fused-ring (bicyclic) bond motifs is 1. The van der Waals surface area contributed by atoms with Crippen LogP contribution >= 0.6 is 0 Å². The number of aliphatic hydroxyl groups is 1. The Hall–Kier alpha value is -4.32. The smallest absolute Gasteiger partial charge is 0.313 e. The number of rotatable bonds is 18. The number of amides is 3. The van der Waals surface area contributed by atoms with E-state index in [0.29, 0.717) is 31.2 Å². The Morgan fingerprint density at radius 1 is 1.10 bits per heavy atom. The number of likely N-dealkylation sites (tertiary alicyclic amines) is 1. The van der Waals surface area contributed by atoms with Gasteiger partial charge in [-0.1, -0.05) is 72.8 Å². The van der Waals surface area contributed by atoms with Crippen molar-refractivity contribution in [3.05, 3.63) is 97.1 Å². The highest BCUT2D eigenvalue weighted by Crippen LogP contribution is 2.59. The number of methoxy groups -OCH3 is 1. The van der Waals surface area contributed by atoms with E-state index in [-0.39, 0.29) is 37.4 Å². The quantitative estimate of drug-likeness (QED) is 0.177. The van der Waals surface area contributed by atoms with Crippen LogP contribution in [0.25, 0.3) is 0 Å². The lowest BCUT2D eigenvalue weighted by molar-refractivity contribution is -0.163. The zero-order chi connectivity index (χ0) is 36.7. The van der Waals surface area contributed by atoms with Crippen LogP contribution in [0.3, 0.4) is 0 Å². The summed E-state index contributed by atoms with van der Waals surface area (Å²) in [5.74, 6) is -3.66. The summed E-state index contributed by atoms with van der Waals surface area (Å²) in [7, 11) is 1.50. The van der Waals surface area contributed by atoms with Crippen molar-refractivity contribution in [2.75, 3.05) is 26.9 Å². The average molecular weight is 702 g/mol. The SMILES string of the molecule is C=CCCC(=O)N[C@@H](COC)[C@@H](OC(=O)[C@@H]1[C@H]2C(=O)N([C@@H](CO)Cc3ccccc3)[C@H](C(=O)N(CC=C)C(C)C)[C@]23CC[C@H]1O3)c1ccccc1. The van der Waals surface area contributed by atoms with Crippen LogP contribution in [0.4, 0.5) is 0 Å². The van der Waals surface area contributed by atoms with Gasteiger partial charge in [0.05, 0.1) is 43.2 Å². The molecule has 0 radical (unpaired) electrons. The highest BCUT2D eigenvalue weighted by atomic mass is 16.6. The molecule has 11 heteroatoms. The topological polar surface area (TPSA) is 135 Å². The van der Waals surface area contributed by atoms with E-state index in [2.05, 4.69) is 18.5 Å². The number of ether oxygens (including phenoxy) is 3. The molecular formula is C40H51N3O8. The lowest BCUT2D eigenvalue weighted by Crippen LogP contribution is -2.60. The number of esters is 1. The third-order valence-electron chi connectivity index (χ3n) is 10.4. The minimum Gasteiger partial charge on any atom is -0.455 e. The van der Waals surface area contributed by atoms with Crippen molar-refractivity contribution in [2.45, 2.75) is 87.9 Å². The average Bonchev–Trinajstić information content (AvgIpc) is 3.78. The maximum absolute atomic E-state index is 14.8. The van der Waals surface area contributed by atoms with Crippen molar-refractivity contribution in [3.8, 4) is 0 Å². The van der Waals surface area contributed by atoms with E-state index in [1.807, 2.05) is 74.5 Å². The van der Waals surface area contributed by atoms with Crippen molar-refractivity contribution in [1.29, 1.82) is 0 Å². The van der Waals surface area contributed by atoms with Crippen LogP contribution in [0.2, 0.25) is 0 Å². The molecule has 3 aliphatic heterocycles. The molecule has 3 fully saturated rings. The second-order valence-corrected chi connectivity index (χ2v) is 13.9. The lowest BCUT2D eigenvalue weighted by Gasteiger charge is -2.40. The predicted octanol–water partition coefficient (Wildman–Crippen LogP) is 3.77. The summed E-state index contributed by atoms with van der Waals surface area (Å²) < 4.78 is 18.5. The molecule has 51 heavy (non-hydrogen) atoms. The van der Waals surface area contributed by atoms with Crippen LogP contribution in [0.1, 0.15) is 56.8 Å². The Balaban J connectivity index is 1.52. The monoisotopic (exact) mass is 701 g/mol. The van der Waals surface area contributed by atoms with Gasteiger partial charge >= 0.3 is 5.97 Å². The van der Waals surface area contributed by atoms with Gasteiger partial charge in [0.1, 0.15) is 17.7 Å². The highest BCUT2D eigenvalue weighted by Gasteiger charge is 2.75. The van der Waals surface area contributed by atoms with Gasteiger partial charge in [-0.05, 0) is 50.7 Å². The fourth-order valence-electron chi connectivity index (χ4n) is 8.15. The molecule has 3 aliphatic rings. The predicted molar refractivity (Wildman–Crippen MR) is 191 cm³/mol. The molecule has 5 rings (SSSR count). The van der Waals surface area contributed by atoms with E-state index >= 15 is 0 Å². The van der Waals surface area contributed by atoms with Crippen molar-refractivity contribution in [1.82, 2.24) is 15.1 Å². The molecule has 3 saturated heterocycles. The molecule has 2 aromatic carbocycles. The minimum atomic E-state index is -1.30. The van der Waals surface area contributed by atoms with E-state index in [9.17, 15) is 24.3 Å². The maximum atomic E-state index is 14.8. The Morgan fingerprint density at radius 2 is 1.78 bits per heavy atom. The first kappa shape index (κ1) is 37.9. The van der Waals surface area contributed by atoms with Crippen LogP contribution < -0.4 is 5.32 Å². The zero-order valence-electron chi connectivity index (χ0n) is 29.8. The summed E-state index contributed by atoms with van der Waals surface area (Å²) in [6.07, 6.45) is 3.52. The number of benzene rings is 2. The summed E-state index contributed by atoms with van der Waals surface area (Å²) in [4.78, 5) is 60.0. The van der Waals surface area contributed by atoms with Crippen LogP contribution in [-0.2, 0) is 39.8 Å². The molecule has 274 valence electrons. The number of hydrogen-bond acceptors (Lipinski definition) is 8. The molecule has 3 amide bonds. The molecule has 11 nitrogen and oxygen atoms in total. The largest absolute Gasteiger partial charge is 0.455 e. The second-order valence-electron chi connectivity index (χ2n) is 13.9. The van der Waals surface area contributed by atoms with Crippen molar-refractivity contribution < 1.29 is 38.5 Å². The molecule has 2 N–H and O–H groups in total. The standard InChI is InChI=1S/C40H51N3O8/c1-6-8-19-32(45)41-30(25-49-5)35(28-17-13-10-14-18-28)50-39(48)33-31-20-21-40(51-31)34(33)37(46)43(29(24-44)23-27-15-11-9-12-16-27)36(40)38(47)42(22-7-2)26(3)4/h6-7,9-18,26,29-31,33-36,44H,1-2,8,19-25H2,3-5H3,(H,41,45)/t29-,30+,31-,33+,34+,35+,36-,40+/m1/s1. The molecule has 0 aliphatic carbocycles. The second kappa shape index (κ2) is 16.8. The third kappa shape index (κ3) is 7.66. The molecule has 0 saturated carbocycles. The van der Waals surface area contributed by atoms with Gasteiger partial charge in [-0.25, -0.2) is 0 Å². The third-order valence-corrected chi connectivity index (χ3v) is 10.4. The molecular weight excluding hydrogens is 650 g/mol. The summed E-state index contributed by atoms with van der Waals surface area (Å²) >= 11 is 0. The molecule has 8 atom stereocenters. The number of carbonyl (C=O) groups excluding carboxylic acids is 4. The number of hydrogen-bond donors (Lipinski definition) is 2. The first-order valence-corrected chi connectivity index (χ1v) is 17.8. The first-order chi connectivity index (χ1) is 24.6. The molecule has 2 bridgehead atoms. The molecule has 1 spiro atoms. The molecule has 3 heterocycles.